The Kier molecular flexibility index (Phi) is 7.42. The monoisotopic (exact) mass is 375 g/mol. The Balaban J connectivity index is 2.44. The van der Waals surface area contributed by atoms with E-state index in [1.165, 1.54) is 0 Å². The van der Waals surface area contributed by atoms with Gasteiger partial charge < -0.3 is 12.7 Å². The average Bonchev–Trinajstić information content (AvgIpc) is 2.69. The summed E-state index contributed by atoms with van der Waals surface area (Å²) in [5.74, 6) is 0. The van der Waals surface area contributed by atoms with E-state index < -0.39 is 25.4 Å². The molecule has 23 heavy (non-hydrogen) atoms. The van der Waals surface area contributed by atoms with Crippen molar-refractivity contribution in [3.63, 3.8) is 0 Å². The van der Waals surface area contributed by atoms with Crippen LogP contribution in [0.2, 0.25) is 45.8 Å². The summed E-state index contributed by atoms with van der Waals surface area (Å²) in [7, 11) is -3.86. The first kappa shape index (κ1) is 20.8. The third kappa shape index (κ3) is 9.58. The first-order valence-corrected chi connectivity index (χ1v) is 17.5. The number of aromatic nitrogens is 2. The summed E-state index contributed by atoms with van der Waals surface area (Å²) in [4.78, 5) is 0. The molecule has 0 aliphatic heterocycles. The maximum absolute atomic E-state index is 6.33. The van der Waals surface area contributed by atoms with Gasteiger partial charge in [-0.1, -0.05) is 0 Å². The fourth-order valence-electron chi connectivity index (χ4n) is 2.48. The van der Waals surface area contributed by atoms with Crippen molar-refractivity contribution in [2.45, 2.75) is 65.2 Å². The molecule has 8 heteroatoms. The SMILES string of the molecule is C[n+]1ccn(CCCCO[Si](C)(O[Si](C)(C)C)O[Si](C)(C)C)c1. The van der Waals surface area contributed by atoms with E-state index in [1.807, 2.05) is 7.05 Å². The molecule has 0 unspecified atom stereocenters. The Labute approximate surface area is 145 Å². The van der Waals surface area contributed by atoms with Gasteiger partial charge in [-0.05, 0) is 52.1 Å². The first-order chi connectivity index (χ1) is 10.4. The van der Waals surface area contributed by atoms with Gasteiger partial charge in [0.2, 0.25) is 6.33 Å². The van der Waals surface area contributed by atoms with Crippen molar-refractivity contribution in [3.05, 3.63) is 18.7 Å². The summed E-state index contributed by atoms with van der Waals surface area (Å²) in [6.45, 7) is 17.0. The summed E-state index contributed by atoms with van der Waals surface area (Å²) in [6, 6.07) is 0. The molecule has 0 fully saturated rings. The third-order valence-electron chi connectivity index (χ3n) is 2.98. The second kappa shape index (κ2) is 8.22. The van der Waals surface area contributed by atoms with E-state index in [1.54, 1.807) is 0 Å². The van der Waals surface area contributed by atoms with Gasteiger partial charge in [-0.2, -0.15) is 0 Å². The van der Waals surface area contributed by atoms with Gasteiger partial charge in [0.25, 0.3) is 0 Å². The lowest BCUT2D eigenvalue weighted by atomic mass is 10.3. The minimum atomic E-state index is -2.53. The molecule has 0 aromatic carbocycles. The molecule has 0 atom stereocenters. The minimum absolute atomic E-state index is 0.713. The zero-order valence-electron chi connectivity index (χ0n) is 16.2. The Bertz CT molecular complexity index is 465. The zero-order chi connectivity index (χ0) is 17.7. The van der Waals surface area contributed by atoms with E-state index >= 15 is 0 Å². The lowest BCUT2D eigenvalue weighted by molar-refractivity contribution is -0.671. The van der Waals surface area contributed by atoms with Crippen LogP contribution in [0.1, 0.15) is 12.8 Å². The van der Waals surface area contributed by atoms with Gasteiger partial charge in [-0.25, -0.2) is 9.13 Å². The molecule has 0 amide bonds. The van der Waals surface area contributed by atoms with Gasteiger partial charge in [0, 0.05) is 13.2 Å². The van der Waals surface area contributed by atoms with Crippen molar-refractivity contribution in [3.8, 4) is 0 Å². The van der Waals surface area contributed by atoms with Crippen LogP contribution in [0.4, 0.5) is 0 Å². The fraction of sp³-hybridized carbons (Fsp3) is 0.800. The van der Waals surface area contributed by atoms with Crippen molar-refractivity contribution in [1.29, 1.82) is 0 Å². The van der Waals surface area contributed by atoms with Crippen LogP contribution < -0.4 is 4.57 Å². The molecule has 1 heterocycles. The summed E-state index contributed by atoms with van der Waals surface area (Å²) in [5, 5.41) is 0. The molecule has 1 aromatic heterocycles. The Hall–Kier alpha value is -0.259. The van der Waals surface area contributed by atoms with Crippen molar-refractivity contribution >= 4 is 25.4 Å². The van der Waals surface area contributed by atoms with Crippen LogP contribution >= 0.6 is 0 Å². The highest BCUT2D eigenvalue weighted by Crippen LogP contribution is 2.22. The van der Waals surface area contributed by atoms with E-state index in [0.29, 0.717) is 6.61 Å². The Morgan fingerprint density at radius 2 is 1.48 bits per heavy atom. The largest absolute Gasteiger partial charge is 0.476 e. The van der Waals surface area contributed by atoms with Gasteiger partial charge in [0.15, 0.2) is 16.6 Å². The van der Waals surface area contributed by atoms with Gasteiger partial charge >= 0.3 is 8.80 Å². The Morgan fingerprint density at radius 1 is 0.913 bits per heavy atom. The molecule has 0 bridgehead atoms. The molecule has 5 nitrogen and oxygen atoms in total. The van der Waals surface area contributed by atoms with Crippen LogP contribution in [0.25, 0.3) is 0 Å². The molecule has 0 saturated heterocycles. The number of aryl methyl sites for hydroxylation is 2. The lowest BCUT2D eigenvalue weighted by Gasteiger charge is -2.37. The zero-order valence-corrected chi connectivity index (χ0v) is 19.2. The predicted molar refractivity (Wildman–Crippen MR) is 101 cm³/mol. The van der Waals surface area contributed by atoms with Gasteiger partial charge in [0.05, 0.1) is 13.6 Å². The highest BCUT2D eigenvalue weighted by atomic mass is 28.5. The highest BCUT2D eigenvalue weighted by molar-refractivity contribution is 6.85. The second-order valence-corrected chi connectivity index (χ2v) is 20.3. The summed E-state index contributed by atoms with van der Waals surface area (Å²) in [5.41, 5.74) is 0. The van der Waals surface area contributed by atoms with E-state index in [-0.39, 0.29) is 0 Å². The van der Waals surface area contributed by atoms with Gasteiger partial charge in [-0.3, -0.25) is 0 Å². The standard InChI is InChI=1S/C15H35N2O3Si3/c1-16-12-13-17(15-16)11-9-10-14-18-23(8,19-21(2,3)4)20-22(5,6)7/h12-13,15H,9-11,14H2,1-8H3/q+1. The number of unbranched alkanes of at least 4 members (excludes halogenated alkanes) is 1. The fourth-order valence-corrected chi connectivity index (χ4v) is 12.9. The van der Waals surface area contributed by atoms with Crippen LogP contribution in [-0.4, -0.2) is 36.6 Å². The van der Waals surface area contributed by atoms with E-state index in [9.17, 15) is 0 Å². The third-order valence-corrected chi connectivity index (χ3v) is 11.6. The van der Waals surface area contributed by atoms with E-state index in [2.05, 4.69) is 73.7 Å². The second-order valence-electron chi connectivity index (χ2n) is 8.16. The van der Waals surface area contributed by atoms with Gasteiger partial charge in [0.1, 0.15) is 12.4 Å². The maximum Gasteiger partial charge on any atom is 0.476 e. The average molecular weight is 376 g/mol. The smallest absolute Gasteiger partial charge is 0.417 e. The quantitative estimate of drug-likeness (QED) is 0.357. The molecular weight excluding hydrogens is 340 g/mol. The number of hydrogen-bond donors (Lipinski definition) is 0. The molecule has 1 rings (SSSR count). The van der Waals surface area contributed by atoms with Crippen molar-refractivity contribution in [1.82, 2.24) is 4.57 Å². The van der Waals surface area contributed by atoms with Crippen LogP contribution in [0.3, 0.4) is 0 Å². The van der Waals surface area contributed by atoms with Crippen LogP contribution in [0.15, 0.2) is 18.7 Å². The number of imidazole rings is 1. The maximum atomic E-state index is 6.33. The van der Waals surface area contributed by atoms with Crippen LogP contribution in [-0.2, 0) is 26.2 Å². The van der Waals surface area contributed by atoms with E-state index in [4.69, 9.17) is 12.7 Å². The first-order valence-electron chi connectivity index (χ1n) is 8.44. The summed E-state index contributed by atoms with van der Waals surface area (Å²) < 4.78 is 23.1. The molecule has 0 aliphatic rings. The predicted octanol–water partition coefficient (Wildman–Crippen LogP) is 3.38. The number of hydrogen-bond acceptors (Lipinski definition) is 3. The molecule has 1 aromatic rings. The van der Waals surface area contributed by atoms with Crippen molar-refractivity contribution in [2.24, 2.45) is 7.05 Å². The number of nitrogens with zero attached hydrogens (tertiary/aromatic N) is 2. The van der Waals surface area contributed by atoms with E-state index in [0.717, 1.165) is 19.4 Å². The summed E-state index contributed by atoms with van der Waals surface area (Å²) >= 11 is 0. The van der Waals surface area contributed by atoms with Crippen molar-refractivity contribution < 1.29 is 17.2 Å². The molecule has 0 N–H and O–H groups in total. The van der Waals surface area contributed by atoms with Crippen LogP contribution in [0, 0.1) is 0 Å². The molecule has 0 radical (unpaired) electrons. The van der Waals surface area contributed by atoms with Crippen LogP contribution in [0.5, 0.6) is 0 Å². The van der Waals surface area contributed by atoms with Crippen molar-refractivity contribution in [2.75, 3.05) is 6.61 Å². The minimum Gasteiger partial charge on any atom is -0.417 e. The topological polar surface area (TPSA) is 36.5 Å². The molecule has 134 valence electrons. The molecule has 0 saturated carbocycles. The normalized spacial score (nSPS) is 13.6. The molecule has 0 spiro atoms. The Morgan fingerprint density at radius 3 is 1.91 bits per heavy atom. The highest BCUT2D eigenvalue weighted by Gasteiger charge is 2.42. The molecule has 0 aliphatic carbocycles. The molecular formula is C15H35N2O3Si3+. The number of rotatable bonds is 10. The summed E-state index contributed by atoms with van der Waals surface area (Å²) in [6.07, 6.45) is 8.38. The lowest BCUT2D eigenvalue weighted by Crippen LogP contribution is -2.54. The van der Waals surface area contributed by atoms with Gasteiger partial charge in [-0.15, -0.1) is 0 Å².